The molecule has 1 saturated carbocycles. The summed E-state index contributed by atoms with van der Waals surface area (Å²) >= 11 is -3.87. The average molecular weight is 731 g/mol. The number of hydrogen-bond donors (Lipinski definition) is 0. The molecular formula is C40H60Cl2SiZr. The quantitative estimate of drug-likeness (QED) is 0.256. The summed E-state index contributed by atoms with van der Waals surface area (Å²) in [5.74, 6) is 0.571. The number of benzene rings is 1. The Bertz CT molecular complexity index is 1570. The van der Waals surface area contributed by atoms with E-state index in [1.165, 1.54) is 45.9 Å². The van der Waals surface area contributed by atoms with Crippen LogP contribution in [0.25, 0.3) is 5.57 Å². The molecule has 0 spiro atoms. The summed E-state index contributed by atoms with van der Waals surface area (Å²) in [6.07, 6.45) is 20.1. The summed E-state index contributed by atoms with van der Waals surface area (Å²) in [5.41, 5.74) is 10.6. The predicted molar refractivity (Wildman–Crippen MR) is 199 cm³/mol. The second-order valence-corrected chi connectivity index (χ2v) is 43.1. The smallest absolute Gasteiger partial charge is 0.147 e. The van der Waals surface area contributed by atoms with Crippen molar-refractivity contribution in [3.63, 3.8) is 0 Å². The van der Waals surface area contributed by atoms with Gasteiger partial charge in [-0.15, -0.1) is 24.8 Å². The molecule has 0 bridgehead atoms. The van der Waals surface area contributed by atoms with Gasteiger partial charge in [0.1, 0.15) is 0 Å². The maximum Gasteiger partial charge on any atom is -0.147 e. The third-order valence-electron chi connectivity index (χ3n) is 15.9. The Balaban J connectivity index is 0.00000221. The molecule has 0 heterocycles. The van der Waals surface area contributed by atoms with Gasteiger partial charge in [-0.05, 0) is 0 Å². The van der Waals surface area contributed by atoms with Crippen molar-refractivity contribution < 1.29 is 17.4 Å². The Hall–Kier alpha value is -0.400. The van der Waals surface area contributed by atoms with Gasteiger partial charge in [0, 0.05) is 0 Å². The molecule has 6 rings (SSSR count). The van der Waals surface area contributed by atoms with E-state index in [9.17, 15) is 0 Å². The number of allylic oxidation sites excluding steroid dienone is 10. The van der Waals surface area contributed by atoms with Crippen LogP contribution in [0, 0.1) is 27.6 Å². The van der Waals surface area contributed by atoms with Gasteiger partial charge in [-0.1, -0.05) is 0 Å². The molecule has 5 aliphatic rings. The van der Waals surface area contributed by atoms with Gasteiger partial charge in [0.2, 0.25) is 0 Å². The van der Waals surface area contributed by atoms with Crippen molar-refractivity contribution in [3.8, 4) is 0 Å². The van der Waals surface area contributed by atoms with E-state index >= 15 is 0 Å². The zero-order valence-corrected chi connectivity index (χ0v) is 35.0. The topological polar surface area (TPSA) is 0 Å². The van der Waals surface area contributed by atoms with Gasteiger partial charge >= 0.3 is 262 Å². The van der Waals surface area contributed by atoms with Crippen molar-refractivity contribution in [2.75, 3.05) is 0 Å². The van der Waals surface area contributed by atoms with Crippen molar-refractivity contribution in [1.82, 2.24) is 0 Å². The van der Waals surface area contributed by atoms with Crippen LogP contribution in [0.4, 0.5) is 0 Å². The van der Waals surface area contributed by atoms with Crippen LogP contribution in [0.5, 0.6) is 0 Å². The van der Waals surface area contributed by atoms with E-state index in [2.05, 4.69) is 131 Å². The fourth-order valence-electron chi connectivity index (χ4n) is 12.5. The van der Waals surface area contributed by atoms with Crippen LogP contribution in [-0.4, -0.2) is 6.88 Å². The number of halogens is 2. The van der Waals surface area contributed by atoms with Gasteiger partial charge in [-0.2, -0.15) is 0 Å². The van der Waals surface area contributed by atoms with Crippen LogP contribution in [0.3, 0.4) is 0 Å². The summed E-state index contributed by atoms with van der Waals surface area (Å²) in [4.78, 5) is 0. The van der Waals surface area contributed by atoms with E-state index in [-0.39, 0.29) is 49.6 Å². The van der Waals surface area contributed by atoms with Gasteiger partial charge < -0.3 is 0 Å². The molecule has 0 aromatic heterocycles. The van der Waals surface area contributed by atoms with Crippen LogP contribution >= 0.6 is 24.8 Å². The molecule has 242 valence electrons. The molecule has 5 aliphatic carbocycles. The average Bonchev–Trinajstić information content (AvgIpc) is 3.62. The Kier molecular flexibility index (Phi) is 9.40. The van der Waals surface area contributed by atoms with Gasteiger partial charge in [0.15, 0.2) is 0 Å². The summed E-state index contributed by atoms with van der Waals surface area (Å²) < 4.78 is 4.98. The summed E-state index contributed by atoms with van der Waals surface area (Å²) in [6.45, 7) is 29.6. The molecule has 3 atom stereocenters. The van der Waals surface area contributed by atoms with Crippen LogP contribution in [0.15, 0.2) is 74.6 Å². The first-order valence-electron chi connectivity index (χ1n) is 17.2. The third kappa shape index (κ3) is 3.90. The van der Waals surface area contributed by atoms with Crippen molar-refractivity contribution in [2.45, 2.75) is 119 Å². The number of hydrogen-bond acceptors (Lipinski definition) is 0. The molecule has 1 aromatic carbocycles. The monoisotopic (exact) mass is 728 g/mol. The van der Waals surface area contributed by atoms with Gasteiger partial charge in [-0.3, -0.25) is 0 Å². The number of rotatable bonds is 6. The van der Waals surface area contributed by atoms with E-state index in [1.807, 2.05) is 8.85 Å². The first kappa shape index (κ1) is 36.4. The molecular weight excluding hydrogens is 671 g/mol. The first-order chi connectivity index (χ1) is 19.6. The zero-order chi connectivity index (χ0) is 30.6. The second-order valence-electron chi connectivity index (χ2n) is 17.0. The molecule has 0 N–H and O–H groups in total. The largest absolute Gasteiger partial charge is 0.147 e. The molecule has 1 fully saturated rings. The van der Waals surface area contributed by atoms with E-state index in [1.54, 1.807) is 22.3 Å². The van der Waals surface area contributed by atoms with Crippen molar-refractivity contribution in [1.29, 1.82) is 0 Å². The minimum Gasteiger partial charge on any atom is -0.147 e. The molecule has 44 heavy (non-hydrogen) atoms. The minimum atomic E-state index is -3.87. The molecule has 4 heteroatoms. The Labute approximate surface area is 285 Å². The normalized spacial score (nSPS) is 30.9. The van der Waals surface area contributed by atoms with Crippen LogP contribution in [0.1, 0.15) is 112 Å². The van der Waals surface area contributed by atoms with E-state index < -0.39 is 17.4 Å². The summed E-state index contributed by atoms with van der Waals surface area (Å²) in [5, 5.41) is 0. The van der Waals surface area contributed by atoms with Crippen molar-refractivity contribution in [3.05, 3.63) is 85.8 Å². The van der Waals surface area contributed by atoms with Crippen molar-refractivity contribution >= 4 is 37.3 Å². The summed E-state index contributed by atoms with van der Waals surface area (Å²) in [6, 6.07) is 9.47. The van der Waals surface area contributed by atoms with E-state index in [0.717, 1.165) is 6.42 Å². The predicted octanol–water partition coefficient (Wildman–Crippen LogP) is 12.1. The molecule has 3 unspecified atom stereocenters. The van der Waals surface area contributed by atoms with Crippen LogP contribution in [-0.2, 0) is 23.8 Å². The van der Waals surface area contributed by atoms with Gasteiger partial charge in [-0.25, -0.2) is 0 Å². The molecule has 1 aromatic rings. The van der Waals surface area contributed by atoms with E-state index in [4.69, 9.17) is 0 Å². The maximum atomic E-state index is 2.90. The van der Waals surface area contributed by atoms with E-state index in [0.29, 0.717) is 5.92 Å². The molecule has 0 nitrogen and oxygen atoms in total. The third-order valence-corrected chi connectivity index (χ3v) is 49.0. The van der Waals surface area contributed by atoms with Crippen LogP contribution < -0.4 is 0 Å². The Morgan fingerprint density at radius 2 is 1.48 bits per heavy atom. The van der Waals surface area contributed by atoms with Crippen LogP contribution in [0.2, 0.25) is 11.4 Å². The van der Waals surface area contributed by atoms with Crippen molar-refractivity contribution in [2.24, 2.45) is 27.6 Å². The Morgan fingerprint density at radius 1 is 0.841 bits per heavy atom. The minimum absolute atomic E-state index is 0. The standard InChI is InChI=1S/C29H37.C5H5.2C3H7.2ClH.H2Si.Zr/c1-18-25-22-17-19-13-9-10-14-20(19)24(22)21-15-11-12-16-23(21)29(25,8)28(6,7)27(4,5)26(18,2)3;1-2-4-5-3-1;2*1-3-2;;;;/h9-11,13-15,23H,12,16-17H2,1-8H3;1-3H,4H2;2*1,3H2,2H3;2*1H;1H2;. The number of fused-ring (bicyclic) bond motifs is 6. The SMILES string of the molecule is CC[CH2][Zr](=[SiH2])([CH2]CC)([C]1=CC=CC1)[C]1(C)C2=C3Cc4ccccc4C3=C3C=CCCC3C2(C)C(C)(C)C(C)(C)C1(C)C.Cl.Cl. The molecule has 0 aliphatic heterocycles. The zero-order valence-electron chi connectivity index (χ0n) is 29.5. The first-order valence-corrected chi connectivity index (χ1v) is 29.1. The molecule has 0 amide bonds. The Morgan fingerprint density at radius 3 is 2.07 bits per heavy atom. The molecule has 0 radical (unpaired) electrons. The fourth-order valence-corrected chi connectivity index (χ4v) is 44.4. The van der Waals surface area contributed by atoms with Gasteiger partial charge in [0.25, 0.3) is 0 Å². The second kappa shape index (κ2) is 11.3. The maximum absolute atomic E-state index is 3.87. The molecule has 0 saturated heterocycles. The summed E-state index contributed by atoms with van der Waals surface area (Å²) in [7, 11) is 0. The fraction of sp³-hybridized carbons (Fsp3) is 0.600. The van der Waals surface area contributed by atoms with Gasteiger partial charge in [0.05, 0.1) is 0 Å².